The second-order valence-electron chi connectivity index (χ2n) is 8.53. The lowest BCUT2D eigenvalue weighted by Crippen LogP contribution is -2.51. The van der Waals surface area contributed by atoms with Crippen molar-refractivity contribution >= 4 is 46.1 Å². The van der Waals surface area contributed by atoms with Gasteiger partial charge in [-0.2, -0.15) is 10.4 Å². The average Bonchev–Trinajstić information content (AvgIpc) is 3.51. The third kappa shape index (κ3) is 4.21. The van der Waals surface area contributed by atoms with Crippen molar-refractivity contribution in [1.82, 2.24) is 24.6 Å². The van der Waals surface area contributed by atoms with Crippen molar-refractivity contribution in [2.75, 3.05) is 32.9 Å². The van der Waals surface area contributed by atoms with E-state index in [4.69, 9.17) is 37.9 Å². The Balaban J connectivity index is 1.55. The fourth-order valence-corrected chi connectivity index (χ4v) is 5.37. The van der Waals surface area contributed by atoms with Crippen molar-refractivity contribution in [3.63, 3.8) is 0 Å². The highest BCUT2D eigenvalue weighted by Crippen LogP contribution is 2.47. The topological polar surface area (TPSA) is 137 Å². The molecular weight excluding hydrogens is 511 g/mol. The van der Waals surface area contributed by atoms with E-state index in [1.807, 2.05) is 10.6 Å². The number of carbonyl (C=O) groups is 2. The van der Waals surface area contributed by atoms with Crippen LogP contribution in [0.2, 0.25) is 10.0 Å². The molecule has 11 nitrogen and oxygen atoms in total. The summed E-state index contributed by atoms with van der Waals surface area (Å²) >= 11 is 13.1. The third-order valence-corrected chi connectivity index (χ3v) is 7.32. The summed E-state index contributed by atoms with van der Waals surface area (Å²) in [5, 5.41) is 26.8. The molecule has 3 aromatic rings. The molecule has 1 atom stereocenters. The van der Waals surface area contributed by atoms with E-state index in [1.165, 1.54) is 4.90 Å². The van der Waals surface area contributed by atoms with Crippen LogP contribution in [0.4, 0.5) is 4.79 Å². The lowest BCUT2D eigenvalue weighted by Gasteiger charge is -2.35. The Hall–Kier alpha value is -3.46. The summed E-state index contributed by atoms with van der Waals surface area (Å²) in [6.45, 7) is 1.66. The Bertz CT molecular complexity index is 1370. The maximum Gasteiger partial charge on any atom is 0.407 e. The number of nitriles is 1. The van der Waals surface area contributed by atoms with E-state index >= 15 is 0 Å². The van der Waals surface area contributed by atoms with Crippen molar-refractivity contribution < 1.29 is 24.2 Å². The number of morpholine rings is 1. The van der Waals surface area contributed by atoms with Crippen LogP contribution >= 0.6 is 23.2 Å². The molecule has 1 saturated heterocycles. The molecule has 13 heteroatoms. The molecule has 2 aliphatic heterocycles. The van der Waals surface area contributed by atoms with Crippen molar-refractivity contribution in [3.05, 3.63) is 34.2 Å². The second-order valence-corrected chi connectivity index (χ2v) is 9.31. The zero-order valence-electron chi connectivity index (χ0n) is 19.0. The van der Waals surface area contributed by atoms with Gasteiger partial charge in [0, 0.05) is 55.1 Å². The zero-order valence-corrected chi connectivity index (χ0v) is 20.6. The van der Waals surface area contributed by atoms with Gasteiger partial charge in [0.05, 0.1) is 52.9 Å². The maximum atomic E-state index is 13.3. The van der Waals surface area contributed by atoms with E-state index in [0.29, 0.717) is 46.4 Å². The van der Waals surface area contributed by atoms with Crippen LogP contribution in [0.5, 0.6) is 5.75 Å². The minimum absolute atomic E-state index is 0.0245. The molecule has 2 N–H and O–H groups in total. The number of rotatable bonds is 5. The fourth-order valence-electron chi connectivity index (χ4n) is 4.93. The number of amides is 2. The van der Waals surface area contributed by atoms with Gasteiger partial charge < -0.3 is 28.9 Å². The predicted octanol–water partition coefficient (Wildman–Crippen LogP) is 3.35. The normalized spacial score (nSPS) is 17.6. The summed E-state index contributed by atoms with van der Waals surface area (Å²) in [5.41, 5.74) is 3.01. The van der Waals surface area contributed by atoms with Crippen LogP contribution < -0.4 is 4.74 Å². The first-order valence-corrected chi connectivity index (χ1v) is 12.0. The number of aromatic amines is 1. The van der Waals surface area contributed by atoms with E-state index in [9.17, 15) is 14.7 Å². The van der Waals surface area contributed by atoms with Crippen LogP contribution in [0.15, 0.2) is 18.5 Å². The standard InChI is InChI=1S/C23H22Cl2N6O5/c24-15-8-17(36-5-1-26)20-19(13-9-27-28-10-13)16-11-29(2-3-31(16)22(20)21(15)25)18(32)7-14-12-35-6-4-30(14)23(33)34/h8-10,14H,2-7,11-12H2,(H,27,28)(H,33,34)/t14-/m1/s1. The van der Waals surface area contributed by atoms with Gasteiger partial charge >= 0.3 is 6.09 Å². The Morgan fingerprint density at radius 2 is 2.17 bits per heavy atom. The zero-order chi connectivity index (χ0) is 25.4. The van der Waals surface area contributed by atoms with Gasteiger partial charge in [0.15, 0.2) is 6.61 Å². The van der Waals surface area contributed by atoms with Crippen molar-refractivity contribution in [1.29, 1.82) is 5.26 Å². The van der Waals surface area contributed by atoms with Gasteiger partial charge in [-0.3, -0.25) is 9.89 Å². The van der Waals surface area contributed by atoms with E-state index < -0.39 is 12.1 Å². The molecule has 0 saturated carbocycles. The molecule has 2 aromatic heterocycles. The molecule has 0 unspecified atom stereocenters. The Labute approximate surface area is 215 Å². The molecule has 1 aromatic carbocycles. The smallest absolute Gasteiger partial charge is 0.407 e. The third-order valence-electron chi connectivity index (χ3n) is 6.54. The first-order valence-electron chi connectivity index (χ1n) is 11.3. The number of halogens is 2. The monoisotopic (exact) mass is 532 g/mol. The van der Waals surface area contributed by atoms with Crippen LogP contribution in [0.1, 0.15) is 12.1 Å². The van der Waals surface area contributed by atoms with Crippen molar-refractivity contribution in [2.45, 2.75) is 25.6 Å². The minimum atomic E-state index is -1.06. The largest absolute Gasteiger partial charge is 0.478 e. The molecule has 0 bridgehead atoms. The Morgan fingerprint density at radius 1 is 1.33 bits per heavy atom. The summed E-state index contributed by atoms with van der Waals surface area (Å²) in [4.78, 5) is 27.9. The number of ether oxygens (including phenoxy) is 2. The van der Waals surface area contributed by atoms with Gasteiger partial charge in [-0.05, 0) is 0 Å². The number of fused-ring (bicyclic) bond motifs is 3. The van der Waals surface area contributed by atoms with Crippen LogP contribution in [-0.2, 0) is 22.6 Å². The predicted molar refractivity (Wildman–Crippen MR) is 130 cm³/mol. The molecule has 4 heterocycles. The lowest BCUT2D eigenvalue weighted by atomic mass is 10.0. The fraction of sp³-hybridized carbons (Fsp3) is 0.391. The second kappa shape index (κ2) is 9.89. The number of aromatic nitrogens is 3. The van der Waals surface area contributed by atoms with Crippen molar-refractivity contribution in [3.8, 4) is 22.9 Å². The Kier molecular flexibility index (Phi) is 6.66. The SMILES string of the molecule is N#CCOc1cc(Cl)c(Cl)c2c1c(-c1cn[nH]c1)c1n2CCN(C(=O)C[C@@H]2COCCN2C(=O)O)C1. The molecule has 1 fully saturated rings. The van der Waals surface area contributed by atoms with Crippen LogP contribution in [0.3, 0.4) is 0 Å². The lowest BCUT2D eigenvalue weighted by molar-refractivity contribution is -0.135. The highest BCUT2D eigenvalue weighted by molar-refractivity contribution is 6.45. The highest BCUT2D eigenvalue weighted by atomic mass is 35.5. The van der Waals surface area contributed by atoms with Gasteiger partial charge in [-0.15, -0.1) is 0 Å². The molecule has 5 rings (SSSR count). The number of hydrogen-bond donors (Lipinski definition) is 2. The molecule has 2 aliphatic rings. The quantitative estimate of drug-likeness (QED) is 0.513. The summed E-state index contributed by atoms with van der Waals surface area (Å²) < 4.78 is 13.2. The average molecular weight is 533 g/mol. The molecule has 2 amide bonds. The van der Waals surface area contributed by atoms with Crippen LogP contribution in [-0.4, -0.2) is 80.6 Å². The van der Waals surface area contributed by atoms with Crippen LogP contribution in [0.25, 0.3) is 22.0 Å². The first kappa shape index (κ1) is 24.2. The van der Waals surface area contributed by atoms with E-state index in [0.717, 1.165) is 16.8 Å². The van der Waals surface area contributed by atoms with E-state index in [1.54, 1.807) is 23.4 Å². The van der Waals surface area contributed by atoms with Gasteiger partial charge in [-0.25, -0.2) is 4.79 Å². The number of hydrogen-bond acceptors (Lipinski definition) is 6. The van der Waals surface area contributed by atoms with E-state index in [2.05, 4.69) is 10.2 Å². The minimum Gasteiger partial charge on any atom is -0.478 e. The molecule has 188 valence electrons. The summed E-state index contributed by atoms with van der Waals surface area (Å²) in [6.07, 6.45) is 2.36. The van der Waals surface area contributed by atoms with Crippen molar-refractivity contribution in [2.24, 2.45) is 0 Å². The molecule has 0 spiro atoms. The number of benzene rings is 1. The number of nitrogens with zero attached hydrogens (tertiary/aromatic N) is 5. The molecule has 36 heavy (non-hydrogen) atoms. The molecule has 0 radical (unpaired) electrons. The summed E-state index contributed by atoms with van der Waals surface area (Å²) in [7, 11) is 0. The van der Waals surface area contributed by atoms with Gasteiger partial charge in [0.25, 0.3) is 0 Å². The highest BCUT2D eigenvalue weighted by Gasteiger charge is 2.34. The number of H-pyrrole nitrogens is 1. The Morgan fingerprint density at radius 3 is 2.89 bits per heavy atom. The number of carbonyl (C=O) groups excluding carboxylic acids is 1. The summed E-state index contributed by atoms with van der Waals surface area (Å²) in [5.74, 6) is 0.241. The first-order chi connectivity index (χ1) is 17.4. The van der Waals surface area contributed by atoms with E-state index in [-0.39, 0.29) is 38.6 Å². The number of nitrogens with one attached hydrogen (secondary N) is 1. The maximum absolute atomic E-state index is 13.3. The van der Waals surface area contributed by atoms with Gasteiger partial charge in [0.1, 0.15) is 11.8 Å². The number of carboxylic acid groups (broad SMARTS) is 1. The van der Waals surface area contributed by atoms with Gasteiger partial charge in [-0.1, -0.05) is 23.2 Å². The molecular formula is C23H22Cl2N6O5. The van der Waals surface area contributed by atoms with Crippen LogP contribution in [0, 0.1) is 11.3 Å². The summed E-state index contributed by atoms with van der Waals surface area (Å²) in [6, 6.07) is 3.02. The molecule has 0 aliphatic carbocycles. The van der Waals surface area contributed by atoms with Gasteiger partial charge in [0.2, 0.25) is 5.91 Å².